The molecule has 2 aliphatic heterocycles. The summed E-state index contributed by atoms with van der Waals surface area (Å²) >= 11 is 1.84. The van der Waals surface area contributed by atoms with Gasteiger partial charge in [0.15, 0.2) is 11.6 Å². The zero-order valence-electron chi connectivity index (χ0n) is 20.7. The molecule has 0 aliphatic carbocycles. The van der Waals surface area contributed by atoms with Gasteiger partial charge < -0.3 is 9.64 Å². The molecule has 0 bridgehead atoms. The lowest BCUT2D eigenvalue weighted by Crippen LogP contribution is -2.36. The minimum Gasteiger partial charge on any atom is -0.378 e. The summed E-state index contributed by atoms with van der Waals surface area (Å²) in [7, 11) is 0. The number of ether oxygens (including phenoxy) is 1. The Kier molecular flexibility index (Phi) is 6.07. The number of hydrogen-bond acceptors (Lipinski definition) is 8. The smallest absolute Gasteiger partial charge is 0.162 e. The van der Waals surface area contributed by atoms with Crippen molar-refractivity contribution in [3.8, 4) is 11.4 Å². The van der Waals surface area contributed by atoms with Crippen molar-refractivity contribution in [1.29, 1.82) is 0 Å². The summed E-state index contributed by atoms with van der Waals surface area (Å²) in [6.45, 7) is 7.37. The fourth-order valence-electron chi connectivity index (χ4n) is 5.54. The van der Waals surface area contributed by atoms with Gasteiger partial charge in [-0.25, -0.2) is 9.97 Å². The summed E-state index contributed by atoms with van der Waals surface area (Å²) in [4.78, 5) is 16.5. The fourth-order valence-corrected chi connectivity index (χ4v) is 6.69. The van der Waals surface area contributed by atoms with Crippen LogP contribution in [0.3, 0.4) is 0 Å². The van der Waals surface area contributed by atoms with E-state index in [-0.39, 0.29) is 0 Å². The lowest BCUT2D eigenvalue weighted by atomic mass is 9.97. The van der Waals surface area contributed by atoms with Crippen molar-refractivity contribution < 1.29 is 4.74 Å². The molecule has 0 amide bonds. The molecule has 0 spiro atoms. The van der Waals surface area contributed by atoms with Gasteiger partial charge in [0.25, 0.3) is 0 Å². The van der Waals surface area contributed by atoms with Gasteiger partial charge in [0.2, 0.25) is 0 Å². The number of thiophene rings is 1. The third-order valence-corrected chi connectivity index (χ3v) is 8.64. The number of hydrogen-bond donors (Lipinski definition) is 1. The molecule has 10 heteroatoms. The second kappa shape index (κ2) is 9.85. The van der Waals surface area contributed by atoms with Crippen LogP contribution in [-0.2, 0) is 17.8 Å². The fraction of sp³-hybridized carbons (Fsp3) is 0.407. The third-order valence-electron chi connectivity index (χ3n) is 7.53. The molecular formula is C27H30N8OS. The number of aromatic nitrogens is 6. The molecule has 5 aromatic rings. The molecule has 1 aromatic carbocycles. The molecular weight excluding hydrogens is 484 g/mol. The van der Waals surface area contributed by atoms with Crippen LogP contribution in [0.15, 0.2) is 48.9 Å². The molecule has 7 rings (SSSR count). The maximum absolute atomic E-state index is 5.64. The Hall–Kier alpha value is -3.34. The van der Waals surface area contributed by atoms with Crippen molar-refractivity contribution >= 4 is 38.3 Å². The monoisotopic (exact) mass is 514 g/mol. The molecule has 0 atom stereocenters. The lowest BCUT2D eigenvalue weighted by Gasteiger charge is -2.31. The number of rotatable bonds is 6. The standard InChI is InChI=1S/C27H30N8OS/c1-3-21(22-16-28-32-23(22)4-1)26-30-24-15-20(37-25(24)27(31-26)34-11-13-36-14-12-34)18-33-9-5-19(6-10-33)17-35-8-2-7-29-35/h1-4,7-8,15-16,19H,5-6,9-14,17-18H2,(H,28,32). The van der Waals surface area contributed by atoms with Gasteiger partial charge in [-0.05, 0) is 50.0 Å². The van der Waals surface area contributed by atoms with Crippen LogP contribution in [0.2, 0.25) is 0 Å². The minimum absolute atomic E-state index is 0.700. The van der Waals surface area contributed by atoms with Crippen LogP contribution in [0.1, 0.15) is 17.7 Å². The predicted octanol–water partition coefficient (Wildman–Crippen LogP) is 4.18. The second-order valence-electron chi connectivity index (χ2n) is 9.98. The van der Waals surface area contributed by atoms with Gasteiger partial charge in [-0.2, -0.15) is 10.2 Å². The van der Waals surface area contributed by atoms with Crippen molar-refractivity contribution in [3.05, 3.63) is 53.8 Å². The summed E-state index contributed by atoms with van der Waals surface area (Å²) < 4.78 is 8.88. The van der Waals surface area contributed by atoms with Crippen molar-refractivity contribution in [1.82, 2.24) is 34.8 Å². The Morgan fingerprint density at radius 1 is 1.05 bits per heavy atom. The maximum Gasteiger partial charge on any atom is 0.162 e. The summed E-state index contributed by atoms with van der Waals surface area (Å²) in [5.41, 5.74) is 3.03. The number of fused-ring (bicyclic) bond motifs is 2. The molecule has 6 heterocycles. The number of nitrogens with zero attached hydrogens (tertiary/aromatic N) is 7. The highest BCUT2D eigenvalue weighted by atomic mass is 32.1. The number of anilines is 1. The molecule has 2 saturated heterocycles. The van der Waals surface area contributed by atoms with E-state index >= 15 is 0 Å². The van der Waals surface area contributed by atoms with Gasteiger partial charge in [0, 0.05) is 54.4 Å². The maximum atomic E-state index is 5.64. The topological polar surface area (TPSA) is 88.0 Å². The van der Waals surface area contributed by atoms with E-state index in [2.05, 4.69) is 48.1 Å². The molecule has 4 aromatic heterocycles. The number of aromatic amines is 1. The molecule has 37 heavy (non-hydrogen) atoms. The van der Waals surface area contributed by atoms with Crippen LogP contribution in [0.25, 0.3) is 32.5 Å². The average molecular weight is 515 g/mol. The molecule has 0 radical (unpaired) electrons. The Morgan fingerprint density at radius 2 is 1.95 bits per heavy atom. The zero-order valence-corrected chi connectivity index (χ0v) is 21.5. The summed E-state index contributed by atoms with van der Waals surface area (Å²) in [6.07, 6.45) is 8.22. The predicted molar refractivity (Wildman–Crippen MR) is 146 cm³/mol. The van der Waals surface area contributed by atoms with Crippen molar-refractivity contribution in [2.45, 2.75) is 25.9 Å². The highest BCUT2D eigenvalue weighted by molar-refractivity contribution is 7.19. The van der Waals surface area contributed by atoms with Crippen molar-refractivity contribution in [2.75, 3.05) is 44.3 Å². The van der Waals surface area contributed by atoms with Gasteiger partial charge in [-0.15, -0.1) is 11.3 Å². The first kappa shape index (κ1) is 22.8. The molecule has 1 N–H and O–H groups in total. The van der Waals surface area contributed by atoms with E-state index in [0.29, 0.717) is 5.92 Å². The Morgan fingerprint density at radius 3 is 2.78 bits per heavy atom. The number of H-pyrrole nitrogens is 1. The van der Waals surface area contributed by atoms with Crippen LogP contribution < -0.4 is 4.90 Å². The molecule has 9 nitrogen and oxygen atoms in total. The molecule has 0 saturated carbocycles. The number of benzene rings is 1. The van der Waals surface area contributed by atoms with Gasteiger partial charge in [-0.1, -0.05) is 12.1 Å². The third kappa shape index (κ3) is 4.60. The first-order valence-electron chi connectivity index (χ1n) is 13.1. The van der Waals surface area contributed by atoms with E-state index < -0.39 is 0 Å². The first-order chi connectivity index (χ1) is 18.3. The van der Waals surface area contributed by atoms with E-state index in [9.17, 15) is 0 Å². The number of likely N-dealkylation sites (tertiary alicyclic amines) is 1. The summed E-state index contributed by atoms with van der Waals surface area (Å²) in [6, 6.07) is 10.4. The Balaban J connectivity index is 1.17. The highest BCUT2D eigenvalue weighted by Crippen LogP contribution is 2.36. The van der Waals surface area contributed by atoms with E-state index in [4.69, 9.17) is 14.7 Å². The minimum atomic E-state index is 0.700. The van der Waals surface area contributed by atoms with Crippen LogP contribution in [0, 0.1) is 5.92 Å². The van der Waals surface area contributed by atoms with Crippen LogP contribution in [0.4, 0.5) is 5.82 Å². The summed E-state index contributed by atoms with van der Waals surface area (Å²) in [5.74, 6) is 2.48. The van der Waals surface area contributed by atoms with Crippen LogP contribution >= 0.6 is 11.3 Å². The lowest BCUT2D eigenvalue weighted by molar-refractivity contribution is 0.122. The second-order valence-corrected chi connectivity index (χ2v) is 11.1. The SMILES string of the molecule is c1cc(-c2nc(N3CCOCC3)c3sc(CN4CCC(Cn5cccn5)CC4)cc3n2)c2cn[nH]c2c1. The van der Waals surface area contributed by atoms with Gasteiger partial charge in [-0.3, -0.25) is 14.7 Å². The van der Waals surface area contributed by atoms with Crippen molar-refractivity contribution in [3.63, 3.8) is 0 Å². The molecule has 2 aliphatic rings. The van der Waals surface area contributed by atoms with Gasteiger partial charge >= 0.3 is 0 Å². The number of piperidine rings is 1. The average Bonchev–Trinajstić information content (AvgIpc) is 3.70. The number of morpholine rings is 1. The number of nitrogens with one attached hydrogen (secondary N) is 1. The zero-order chi connectivity index (χ0) is 24.6. The Bertz CT molecular complexity index is 1500. The van der Waals surface area contributed by atoms with Gasteiger partial charge in [0.1, 0.15) is 0 Å². The molecule has 2 fully saturated rings. The highest BCUT2D eigenvalue weighted by Gasteiger charge is 2.23. The Labute approximate surface area is 219 Å². The summed E-state index contributed by atoms with van der Waals surface area (Å²) in [5, 5.41) is 12.7. The van der Waals surface area contributed by atoms with E-state index in [1.165, 1.54) is 22.4 Å². The largest absolute Gasteiger partial charge is 0.378 e. The van der Waals surface area contributed by atoms with Crippen molar-refractivity contribution in [2.24, 2.45) is 5.92 Å². The van der Waals surface area contributed by atoms with E-state index in [1.54, 1.807) is 0 Å². The van der Waals surface area contributed by atoms with Gasteiger partial charge in [0.05, 0.1) is 35.1 Å². The molecule has 190 valence electrons. The quantitative estimate of drug-likeness (QED) is 0.364. The molecule has 0 unspecified atom stereocenters. The van der Waals surface area contributed by atoms with E-state index in [0.717, 1.165) is 86.1 Å². The van der Waals surface area contributed by atoms with E-state index in [1.807, 2.05) is 41.9 Å². The normalized spacial score (nSPS) is 17.8. The van der Waals surface area contributed by atoms with Crippen LogP contribution in [-0.4, -0.2) is 74.2 Å². The van der Waals surface area contributed by atoms with Crippen LogP contribution in [0.5, 0.6) is 0 Å². The first-order valence-corrected chi connectivity index (χ1v) is 13.9.